The van der Waals surface area contributed by atoms with Crippen LogP contribution in [0.2, 0.25) is 0 Å². The van der Waals surface area contributed by atoms with Crippen LogP contribution in [0, 0.1) is 5.92 Å². The second-order valence-corrected chi connectivity index (χ2v) is 7.05. The number of nitrogens with zero attached hydrogens (tertiary/aromatic N) is 3. The number of ether oxygens (including phenoxy) is 2. The van der Waals surface area contributed by atoms with E-state index in [9.17, 15) is 9.90 Å². The third kappa shape index (κ3) is 3.38. The van der Waals surface area contributed by atoms with Gasteiger partial charge in [-0.15, -0.1) is 0 Å². The smallest absolute Gasteiger partial charge is 0.232 e. The zero-order chi connectivity index (χ0) is 21.3. The first kappa shape index (κ1) is 19.6. The summed E-state index contributed by atoms with van der Waals surface area (Å²) >= 11 is 0. The fourth-order valence-corrected chi connectivity index (χ4v) is 3.84. The Kier molecular flexibility index (Phi) is 5.18. The van der Waals surface area contributed by atoms with Crippen molar-refractivity contribution < 1.29 is 19.4 Å². The van der Waals surface area contributed by atoms with Gasteiger partial charge in [0.25, 0.3) is 0 Å². The summed E-state index contributed by atoms with van der Waals surface area (Å²) in [6.07, 6.45) is 1.44. The molecule has 0 fully saturated rings. The maximum atomic E-state index is 13.4. The number of nitrogens with one attached hydrogen (secondary N) is 2. The molecular weight excluding hydrogens is 386 g/mol. The Bertz CT molecular complexity index is 1070. The maximum absolute atomic E-state index is 13.4. The summed E-state index contributed by atoms with van der Waals surface area (Å²) in [5.74, 6) is 0.768. The monoisotopic (exact) mass is 409 g/mol. The van der Waals surface area contributed by atoms with Crippen molar-refractivity contribution in [3.05, 3.63) is 54.4 Å². The van der Waals surface area contributed by atoms with Crippen LogP contribution in [0.5, 0.6) is 17.2 Å². The molecule has 9 heteroatoms. The second-order valence-electron chi connectivity index (χ2n) is 7.05. The third-order valence-electron chi connectivity index (χ3n) is 5.29. The number of fused-ring (bicyclic) bond motifs is 1. The molecule has 1 aliphatic heterocycles. The molecule has 1 aliphatic rings. The highest BCUT2D eigenvalue weighted by atomic mass is 16.5. The molecule has 0 saturated heterocycles. The SMILES string of the molecule is COc1cc([C@H]2[C@H](C(=O)Nc3ccccc3OC)[C@@H](C)Nc3ncnn32)ccc1O. The summed E-state index contributed by atoms with van der Waals surface area (Å²) < 4.78 is 12.3. The molecule has 0 saturated carbocycles. The molecule has 1 amide bonds. The number of rotatable bonds is 5. The Morgan fingerprint density at radius 3 is 2.70 bits per heavy atom. The number of hydrogen-bond donors (Lipinski definition) is 3. The van der Waals surface area contributed by atoms with Crippen molar-refractivity contribution in [3.8, 4) is 17.2 Å². The fraction of sp³-hybridized carbons (Fsp3) is 0.286. The number of phenolic OH excluding ortho intramolecular Hbond substituents is 1. The lowest BCUT2D eigenvalue weighted by molar-refractivity contribution is -0.121. The van der Waals surface area contributed by atoms with E-state index in [4.69, 9.17) is 9.47 Å². The fourth-order valence-electron chi connectivity index (χ4n) is 3.84. The van der Waals surface area contributed by atoms with Crippen LogP contribution in [0.1, 0.15) is 18.5 Å². The minimum Gasteiger partial charge on any atom is -0.504 e. The first-order valence-corrected chi connectivity index (χ1v) is 9.50. The molecule has 3 atom stereocenters. The highest BCUT2D eigenvalue weighted by molar-refractivity contribution is 5.95. The zero-order valence-corrected chi connectivity index (χ0v) is 16.9. The Labute approximate surface area is 173 Å². The molecule has 0 spiro atoms. The predicted octanol–water partition coefficient (Wildman–Crippen LogP) is 2.66. The van der Waals surface area contributed by atoms with Gasteiger partial charge in [0, 0.05) is 6.04 Å². The van der Waals surface area contributed by atoms with Crippen molar-refractivity contribution in [2.24, 2.45) is 5.92 Å². The number of aromatic nitrogens is 3. The van der Waals surface area contributed by atoms with Gasteiger partial charge >= 0.3 is 0 Å². The number of para-hydroxylation sites is 2. The number of phenols is 1. The van der Waals surface area contributed by atoms with Crippen LogP contribution < -0.4 is 20.1 Å². The van der Waals surface area contributed by atoms with Gasteiger partial charge in [0.2, 0.25) is 11.9 Å². The zero-order valence-electron chi connectivity index (χ0n) is 16.9. The average Bonchev–Trinajstić information content (AvgIpc) is 3.21. The van der Waals surface area contributed by atoms with Gasteiger partial charge < -0.3 is 25.2 Å². The molecule has 0 bridgehead atoms. The van der Waals surface area contributed by atoms with Gasteiger partial charge in [-0.05, 0) is 36.8 Å². The Morgan fingerprint density at radius 1 is 1.17 bits per heavy atom. The molecule has 156 valence electrons. The number of carbonyl (C=O) groups is 1. The van der Waals surface area contributed by atoms with Crippen molar-refractivity contribution in [2.45, 2.75) is 19.0 Å². The van der Waals surface area contributed by atoms with Gasteiger partial charge in [-0.1, -0.05) is 18.2 Å². The van der Waals surface area contributed by atoms with Crippen LogP contribution in [-0.4, -0.2) is 46.0 Å². The van der Waals surface area contributed by atoms with E-state index in [-0.39, 0.29) is 17.7 Å². The standard InChI is InChI=1S/C21H23N5O4/c1-12-18(20(28)25-14-6-4-5-7-16(14)29-2)19(26-21(24-12)22-11-23-26)13-8-9-15(27)17(10-13)30-3/h4-12,18-19,27H,1-3H3,(H,25,28)(H,22,23,24)/t12-,18-,19+/m1/s1. The van der Waals surface area contributed by atoms with Gasteiger partial charge in [-0.3, -0.25) is 4.79 Å². The third-order valence-corrected chi connectivity index (χ3v) is 5.29. The van der Waals surface area contributed by atoms with E-state index >= 15 is 0 Å². The van der Waals surface area contributed by atoms with E-state index in [0.717, 1.165) is 5.56 Å². The van der Waals surface area contributed by atoms with Crippen molar-refractivity contribution >= 4 is 17.5 Å². The Morgan fingerprint density at radius 2 is 1.93 bits per heavy atom. The van der Waals surface area contributed by atoms with E-state index in [1.807, 2.05) is 19.1 Å². The van der Waals surface area contributed by atoms with E-state index in [1.54, 1.807) is 42.1 Å². The van der Waals surface area contributed by atoms with Crippen LogP contribution in [0.4, 0.5) is 11.6 Å². The molecule has 2 aromatic carbocycles. The summed E-state index contributed by atoms with van der Waals surface area (Å²) in [7, 11) is 3.04. The molecule has 3 aromatic rings. The van der Waals surface area contributed by atoms with Crippen molar-refractivity contribution in [1.29, 1.82) is 0 Å². The summed E-state index contributed by atoms with van der Waals surface area (Å²) in [5, 5.41) is 20.6. The lowest BCUT2D eigenvalue weighted by atomic mass is 9.85. The van der Waals surface area contributed by atoms with Gasteiger partial charge in [-0.25, -0.2) is 4.68 Å². The van der Waals surface area contributed by atoms with E-state index in [2.05, 4.69) is 20.7 Å². The van der Waals surface area contributed by atoms with Crippen molar-refractivity contribution in [2.75, 3.05) is 24.9 Å². The molecule has 4 rings (SSSR count). The highest BCUT2D eigenvalue weighted by Gasteiger charge is 2.41. The van der Waals surface area contributed by atoms with Crippen LogP contribution in [-0.2, 0) is 4.79 Å². The van der Waals surface area contributed by atoms with Crippen molar-refractivity contribution in [3.63, 3.8) is 0 Å². The van der Waals surface area contributed by atoms with Gasteiger partial charge in [0.05, 0.1) is 31.9 Å². The van der Waals surface area contributed by atoms with Crippen LogP contribution in [0.3, 0.4) is 0 Å². The van der Waals surface area contributed by atoms with Crippen LogP contribution in [0.15, 0.2) is 48.8 Å². The van der Waals surface area contributed by atoms with Gasteiger partial charge in [0.15, 0.2) is 11.5 Å². The van der Waals surface area contributed by atoms with E-state index in [1.165, 1.54) is 13.4 Å². The first-order chi connectivity index (χ1) is 14.5. The molecule has 0 unspecified atom stereocenters. The predicted molar refractivity (Wildman–Crippen MR) is 111 cm³/mol. The molecule has 9 nitrogen and oxygen atoms in total. The Balaban J connectivity index is 1.75. The Hall–Kier alpha value is -3.75. The average molecular weight is 409 g/mol. The second kappa shape index (κ2) is 7.94. The summed E-state index contributed by atoms with van der Waals surface area (Å²) in [5.41, 5.74) is 1.36. The quantitative estimate of drug-likeness (QED) is 0.594. The van der Waals surface area contributed by atoms with E-state index in [0.29, 0.717) is 23.1 Å². The summed E-state index contributed by atoms with van der Waals surface area (Å²) in [6.45, 7) is 1.93. The lowest BCUT2D eigenvalue weighted by Crippen LogP contribution is -2.46. The molecule has 1 aromatic heterocycles. The largest absolute Gasteiger partial charge is 0.504 e. The summed E-state index contributed by atoms with van der Waals surface area (Å²) in [4.78, 5) is 17.7. The molecule has 0 radical (unpaired) electrons. The topological polar surface area (TPSA) is 111 Å². The number of aromatic hydroxyl groups is 1. The van der Waals surface area contributed by atoms with Crippen molar-refractivity contribution in [1.82, 2.24) is 14.8 Å². The minimum atomic E-state index is -0.529. The number of amides is 1. The minimum absolute atomic E-state index is 0.0251. The number of hydrogen-bond acceptors (Lipinski definition) is 7. The van der Waals surface area contributed by atoms with Gasteiger partial charge in [0.1, 0.15) is 12.1 Å². The molecule has 2 heterocycles. The van der Waals surface area contributed by atoms with E-state index < -0.39 is 12.0 Å². The molecule has 3 N–H and O–H groups in total. The number of carbonyl (C=O) groups excluding carboxylic acids is 1. The van der Waals surface area contributed by atoms with Crippen LogP contribution >= 0.6 is 0 Å². The molecule has 0 aliphatic carbocycles. The molecule has 30 heavy (non-hydrogen) atoms. The first-order valence-electron chi connectivity index (χ1n) is 9.50. The number of anilines is 2. The maximum Gasteiger partial charge on any atom is 0.232 e. The lowest BCUT2D eigenvalue weighted by Gasteiger charge is -2.37. The number of methoxy groups -OCH3 is 2. The van der Waals surface area contributed by atoms with Gasteiger partial charge in [-0.2, -0.15) is 10.1 Å². The normalized spacial score (nSPS) is 20.0. The highest BCUT2D eigenvalue weighted by Crippen LogP contribution is 2.39. The van der Waals surface area contributed by atoms with Crippen LogP contribution in [0.25, 0.3) is 0 Å². The number of benzene rings is 2. The molecular formula is C21H23N5O4. The summed E-state index contributed by atoms with van der Waals surface area (Å²) in [6, 6.07) is 11.6.